The molecule has 8 nitrogen and oxygen atoms in total. The van der Waals surface area contributed by atoms with E-state index in [0.717, 1.165) is 11.4 Å². The lowest BCUT2D eigenvalue weighted by molar-refractivity contribution is -0.122. The second kappa shape index (κ2) is 8.59. The van der Waals surface area contributed by atoms with E-state index >= 15 is 0 Å². The Bertz CT molecular complexity index is 1140. The Balaban J connectivity index is 1.40. The summed E-state index contributed by atoms with van der Waals surface area (Å²) in [5, 5.41) is 5.95. The van der Waals surface area contributed by atoms with Crippen molar-refractivity contribution >= 4 is 11.6 Å². The number of benzene rings is 2. The van der Waals surface area contributed by atoms with Gasteiger partial charge >= 0.3 is 0 Å². The smallest absolute Gasteiger partial charge is 0.295 e. The van der Waals surface area contributed by atoms with Crippen LogP contribution in [0.1, 0.15) is 12.6 Å². The predicted molar refractivity (Wildman–Crippen MR) is 118 cm³/mol. The number of carbonyl (C=O) groups excluding carboxylic acids is 1. The first kappa shape index (κ1) is 20.6. The third-order valence-electron chi connectivity index (χ3n) is 5.38. The average Bonchev–Trinajstić information content (AvgIpc) is 3.00. The van der Waals surface area contributed by atoms with E-state index < -0.39 is 6.04 Å². The maximum atomic E-state index is 13.0. The molecule has 0 radical (unpaired) electrons. The Morgan fingerprint density at radius 2 is 1.81 bits per heavy atom. The molecule has 1 aromatic heterocycles. The van der Waals surface area contributed by atoms with Gasteiger partial charge in [0.2, 0.25) is 5.91 Å². The van der Waals surface area contributed by atoms with Gasteiger partial charge in [0.25, 0.3) is 5.56 Å². The van der Waals surface area contributed by atoms with E-state index in [1.54, 1.807) is 16.3 Å². The fourth-order valence-corrected chi connectivity index (χ4v) is 3.55. The Labute approximate surface area is 180 Å². The van der Waals surface area contributed by atoms with Crippen LogP contribution in [0.5, 0.6) is 11.5 Å². The van der Waals surface area contributed by atoms with Crippen molar-refractivity contribution in [3.8, 4) is 17.2 Å². The first-order chi connectivity index (χ1) is 15.0. The zero-order valence-corrected chi connectivity index (χ0v) is 17.8. The summed E-state index contributed by atoms with van der Waals surface area (Å²) in [4.78, 5) is 25.6. The highest BCUT2D eigenvalue weighted by molar-refractivity contribution is 5.84. The van der Waals surface area contributed by atoms with E-state index in [0.29, 0.717) is 30.3 Å². The molecule has 2 aromatic carbocycles. The SMILES string of the molecule is Cc1c(NC(C)C(=O)NCC2COc3ccccc3O2)c(=O)n(-c2ccccc2)n1C. The molecule has 1 aliphatic heterocycles. The number of nitrogens with zero attached hydrogens (tertiary/aromatic N) is 2. The lowest BCUT2D eigenvalue weighted by Gasteiger charge is -2.27. The maximum absolute atomic E-state index is 13.0. The molecule has 8 heteroatoms. The van der Waals surface area contributed by atoms with Gasteiger partial charge in [0.1, 0.15) is 24.4 Å². The Morgan fingerprint density at radius 3 is 2.55 bits per heavy atom. The normalized spacial score (nSPS) is 15.9. The van der Waals surface area contributed by atoms with Crippen LogP contribution in [0.25, 0.3) is 5.69 Å². The quantitative estimate of drug-likeness (QED) is 0.636. The Kier molecular flexibility index (Phi) is 5.70. The number of hydrogen-bond acceptors (Lipinski definition) is 5. The van der Waals surface area contributed by atoms with Crippen molar-refractivity contribution in [2.24, 2.45) is 7.05 Å². The average molecular weight is 422 g/mol. The molecule has 2 N–H and O–H groups in total. The van der Waals surface area contributed by atoms with Crippen molar-refractivity contribution in [3.05, 3.63) is 70.6 Å². The molecule has 2 heterocycles. The molecular formula is C23H26N4O4. The third kappa shape index (κ3) is 4.14. The molecule has 0 saturated heterocycles. The molecule has 1 amide bonds. The first-order valence-corrected chi connectivity index (χ1v) is 10.2. The van der Waals surface area contributed by atoms with E-state index in [-0.39, 0.29) is 17.6 Å². The summed E-state index contributed by atoms with van der Waals surface area (Å²) in [5.74, 6) is 1.14. The lowest BCUT2D eigenvalue weighted by Crippen LogP contribution is -2.45. The summed E-state index contributed by atoms with van der Waals surface area (Å²) in [6.45, 7) is 4.24. The van der Waals surface area contributed by atoms with Crippen molar-refractivity contribution in [2.45, 2.75) is 26.0 Å². The number of fused-ring (bicyclic) bond motifs is 1. The van der Waals surface area contributed by atoms with Crippen LogP contribution in [0, 0.1) is 6.92 Å². The van der Waals surface area contributed by atoms with Gasteiger partial charge in [-0.1, -0.05) is 30.3 Å². The fraction of sp³-hybridized carbons (Fsp3) is 0.304. The van der Waals surface area contributed by atoms with Crippen LogP contribution in [0.4, 0.5) is 5.69 Å². The maximum Gasteiger partial charge on any atom is 0.295 e. The van der Waals surface area contributed by atoms with Gasteiger partial charge in [-0.05, 0) is 38.1 Å². The summed E-state index contributed by atoms with van der Waals surface area (Å²) in [6, 6.07) is 16.2. The number of hydrogen-bond donors (Lipinski definition) is 2. The van der Waals surface area contributed by atoms with E-state index in [9.17, 15) is 9.59 Å². The van der Waals surface area contributed by atoms with Crippen molar-refractivity contribution < 1.29 is 14.3 Å². The van der Waals surface area contributed by atoms with Crippen LogP contribution >= 0.6 is 0 Å². The molecule has 3 aromatic rings. The topological polar surface area (TPSA) is 86.5 Å². The number of amides is 1. The molecule has 162 valence electrons. The summed E-state index contributed by atoms with van der Waals surface area (Å²) < 4.78 is 14.9. The molecule has 0 fully saturated rings. The number of ether oxygens (including phenoxy) is 2. The molecule has 0 bridgehead atoms. The van der Waals surface area contributed by atoms with E-state index in [1.165, 1.54) is 0 Å². The molecule has 0 saturated carbocycles. The van der Waals surface area contributed by atoms with Crippen LogP contribution in [0.3, 0.4) is 0 Å². The van der Waals surface area contributed by atoms with Crippen LogP contribution in [0.2, 0.25) is 0 Å². The number of carbonyl (C=O) groups is 1. The van der Waals surface area contributed by atoms with Gasteiger partial charge in [-0.25, -0.2) is 4.68 Å². The molecule has 4 rings (SSSR count). The minimum absolute atomic E-state index is 0.202. The van der Waals surface area contributed by atoms with E-state index in [4.69, 9.17) is 9.47 Å². The first-order valence-electron chi connectivity index (χ1n) is 10.2. The van der Waals surface area contributed by atoms with Gasteiger partial charge in [0.05, 0.1) is 17.9 Å². The number of rotatable bonds is 6. The fourth-order valence-electron chi connectivity index (χ4n) is 3.55. The molecule has 2 atom stereocenters. The second-order valence-electron chi connectivity index (χ2n) is 7.55. The van der Waals surface area contributed by atoms with Gasteiger partial charge < -0.3 is 20.1 Å². The Hall–Kier alpha value is -3.68. The van der Waals surface area contributed by atoms with Gasteiger partial charge in [0.15, 0.2) is 11.5 Å². The molecule has 1 aliphatic rings. The summed E-state index contributed by atoms with van der Waals surface area (Å²) in [6.07, 6.45) is -0.278. The molecule has 2 unspecified atom stereocenters. The largest absolute Gasteiger partial charge is 0.486 e. The monoisotopic (exact) mass is 422 g/mol. The standard InChI is InChI=1S/C23H26N4O4/c1-15(22(28)24-13-18-14-30-19-11-7-8-12-20(19)31-18)25-21-16(2)26(3)27(23(21)29)17-9-5-4-6-10-17/h4-12,15,18,25H,13-14H2,1-3H3,(H,24,28). The molecule has 0 aliphatic carbocycles. The molecule has 31 heavy (non-hydrogen) atoms. The predicted octanol–water partition coefficient (Wildman–Crippen LogP) is 2.24. The van der Waals surface area contributed by atoms with Crippen LogP contribution in [-0.4, -0.2) is 40.6 Å². The number of anilines is 1. The minimum Gasteiger partial charge on any atom is -0.486 e. The van der Waals surface area contributed by atoms with Gasteiger partial charge in [-0.15, -0.1) is 0 Å². The van der Waals surface area contributed by atoms with Crippen LogP contribution in [0.15, 0.2) is 59.4 Å². The molecular weight excluding hydrogens is 396 g/mol. The highest BCUT2D eigenvalue weighted by Crippen LogP contribution is 2.30. The highest BCUT2D eigenvalue weighted by atomic mass is 16.6. The summed E-state index contributed by atoms with van der Waals surface area (Å²) >= 11 is 0. The number of para-hydroxylation sites is 3. The van der Waals surface area contributed by atoms with Crippen LogP contribution < -0.4 is 25.7 Å². The van der Waals surface area contributed by atoms with Gasteiger partial charge in [-0.2, -0.15) is 0 Å². The van der Waals surface area contributed by atoms with Gasteiger partial charge in [-0.3, -0.25) is 14.3 Å². The third-order valence-corrected chi connectivity index (χ3v) is 5.38. The van der Waals surface area contributed by atoms with Gasteiger partial charge in [0, 0.05) is 7.05 Å². The Morgan fingerprint density at radius 1 is 1.13 bits per heavy atom. The van der Waals surface area contributed by atoms with Crippen LogP contribution in [-0.2, 0) is 11.8 Å². The van der Waals surface area contributed by atoms with Crippen molar-refractivity contribution in [1.29, 1.82) is 0 Å². The number of nitrogens with one attached hydrogen (secondary N) is 2. The lowest BCUT2D eigenvalue weighted by atomic mass is 10.2. The second-order valence-corrected chi connectivity index (χ2v) is 7.55. The minimum atomic E-state index is -0.602. The van der Waals surface area contributed by atoms with Crippen molar-refractivity contribution in [1.82, 2.24) is 14.7 Å². The van der Waals surface area contributed by atoms with Crippen molar-refractivity contribution in [2.75, 3.05) is 18.5 Å². The zero-order chi connectivity index (χ0) is 22.0. The van der Waals surface area contributed by atoms with E-state index in [1.807, 2.05) is 68.6 Å². The van der Waals surface area contributed by atoms with Crippen molar-refractivity contribution in [3.63, 3.8) is 0 Å². The zero-order valence-electron chi connectivity index (χ0n) is 17.8. The molecule has 0 spiro atoms. The summed E-state index contributed by atoms with van der Waals surface area (Å²) in [5.41, 5.74) is 1.71. The highest BCUT2D eigenvalue weighted by Gasteiger charge is 2.24. The van der Waals surface area contributed by atoms with E-state index in [2.05, 4.69) is 10.6 Å². The number of aromatic nitrogens is 2. The summed E-state index contributed by atoms with van der Waals surface area (Å²) in [7, 11) is 1.82.